The van der Waals surface area contributed by atoms with Crippen LogP contribution in [0.5, 0.6) is 0 Å². The van der Waals surface area contributed by atoms with Gasteiger partial charge in [0.05, 0.1) is 29.4 Å². The maximum atomic E-state index is 14.6. The summed E-state index contributed by atoms with van der Waals surface area (Å²) in [6.45, 7) is 7.28. The Bertz CT molecular complexity index is 1170. The van der Waals surface area contributed by atoms with E-state index in [0.29, 0.717) is 17.1 Å². The number of hydrogen-bond acceptors (Lipinski definition) is 4. The highest BCUT2D eigenvalue weighted by Crippen LogP contribution is 2.30. The molecular weight excluding hydrogens is 441 g/mol. The quantitative estimate of drug-likeness (QED) is 0.621. The number of aromatic nitrogens is 2. The number of carbonyl (C=O) groups excluding carboxylic acids is 1. The Labute approximate surface area is 198 Å². The first-order valence-electron chi connectivity index (χ1n) is 11.6. The molecule has 1 N–H and O–H groups in total. The summed E-state index contributed by atoms with van der Waals surface area (Å²) in [5.74, 6) is -0.0913. The molecule has 2 aromatic carbocycles. The third kappa shape index (κ3) is 4.20. The molecule has 174 valence electrons. The summed E-state index contributed by atoms with van der Waals surface area (Å²) in [5, 5.41) is 3.71. The smallest absolute Gasteiger partial charge is 0.240 e. The van der Waals surface area contributed by atoms with E-state index in [0.717, 1.165) is 49.2 Å². The number of benzene rings is 2. The zero-order chi connectivity index (χ0) is 23.1. The fraction of sp³-hybridized carbons (Fsp3) is 0.440. The zero-order valence-electron chi connectivity index (χ0n) is 19.0. The van der Waals surface area contributed by atoms with Crippen LogP contribution >= 0.6 is 11.6 Å². The number of halogens is 2. The lowest BCUT2D eigenvalue weighted by molar-refractivity contribution is -0.135. The van der Waals surface area contributed by atoms with Crippen LogP contribution in [-0.2, 0) is 4.79 Å². The molecule has 0 bridgehead atoms. The van der Waals surface area contributed by atoms with Crippen LogP contribution in [0.4, 0.5) is 10.1 Å². The molecule has 6 nitrogen and oxygen atoms in total. The summed E-state index contributed by atoms with van der Waals surface area (Å²) in [4.78, 5) is 21.8. The minimum absolute atomic E-state index is 0.0283. The summed E-state index contributed by atoms with van der Waals surface area (Å²) in [5.41, 5.74) is 3.49. The molecule has 2 fully saturated rings. The summed E-state index contributed by atoms with van der Waals surface area (Å²) in [7, 11) is 0. The summed E-state index contributed by atoms with van der Waals surface area (Å²) in [6, 6.07) is 10.9. The van der Waals surface area contributed by atoms with Crippen molar-refractivity contribution in [3.63, 3.8) is 0 Å². The average Bonchev–Trinajstić information content (AvgIpc) is 3.48. The van der Waals surface area contributed by atoms with Crippen molar-refractivity contribution in [2.45, 2.75) is 44.8 Å². The van der Waals surface area contributed by atoms with Crippen LogP contribution < -0.4 is 10.2 Å². The molecule has 8 heteroatoms. The van der Waals surface area contributed by atoms with Gasteiger partial charge in [0.2, 0.25) is 5.91 Å². The van der Waals surface area contributed by atoms with E-state index >= 15 is 0 Å². The van der Waals surface area contributed by atoms with E-state index in [1.165, 1.54) is 6.07 Å². The van der Waals surface area contributed by atoms with E-state index in [1.54, 1.807) is 18.5 Å². The zero-order valence-corrected chi connectivity index (χ0v) is 19.7. The van der Waals surface area contributed by atoms with Crippen LogP contribution in [0, 0.1) is 5.82 Å². The molecule has 2 aliphatic heterocycles. The molecule has 2 unspecified atom stereocenters. The first-order chi connectivity index (χ1) is 15.9. The number of amides is 1. The third-order valence-corrected chi connectivity index (χ3v) is 7.26. The monoisotopic (exact) mass is 469 g/mol. The Morgan fingerprint density at radius 2 is 2.09 bits per heavy atom. The SMILES string of the molecule is CC(c1ccc(Cl)cc1F)n1cnc2ccc(N3CCN(C(=O)C4CCCN4)[C@H](C)C3)cc21. The molecule has 0 aliphatic carbocycles. The minimum atomic E-state index is -0.320. The fourth-order valence-electron chi connectivity index (χ4n) is 5.12. The van der Waals surface area contributed by atoms with E-state index in [4.69, 9.17) is 11.6 Å². The van der Waals surface area contributed by atoms with Gasteiger partial charge in [-0.15, -0.1) is 0 Å². The maximum absolute atomic E-state index is 14.6. The lowest BCUT2D eigenvalue weighted by Crippen LogP contribution is -2.57. The number of rotatable bonds is 4. The Kier molecular flexibility index (Phi) is 6.01. The number of hydrogen-bond donors (Lipinski definition) is 1. The number of anilines is 1. The molecule has 3 heterocycles. The van der Waals surface area contributed by atoms with E-state index in [-0.39, 0.29) is 29.8 Å². The van der Waals surface area contributed by atoms with Crippen LogP contribution in [0.1, 0.15) is 38.3 Å². The van der Waals surface area contributed by atoms with Gasteiger partial charge in [-0.2, -0.15) is 0 Å². The van der Waals surface area contributed by atoms with Crippen molar-refractivity contribution in [3.05, 3.63) is 59.1 Å². The number of nitrogens with one attached hydrogen (secondary N) is 1. The van der Waals surface area contributed by atoms with Gasteiger partial charge in [-0.25, -0.2) is 9.37 Å². The van der Waals surface area contributed by atoms with Crippen LogP contribution in [-0.4, -0.2) is 58.6 Å². The highest BCUT2D eigenvalue weighted by Gasteiger charge is 2.33. The van der Waals surface area contributed by atoms with Gasteiger partial charge >= 0.3 is 0 Å². The normalized spacial score (nSPS) is 22.2. The molecule has 1 aromatic heterocycles. The third-order valence-electron chi connectivity index (χ3n) is 7.02. The van der Waals surface area contributed by atoms with Crippen molar-refractivity contribution in [1.82, 2.24) is 19.8 Å². The second-order valence-electron chi connectivity index (χ2n) is 9.14. The van der Waals surface area contributed by atoms with Gasteiger partial charge in [0.25, 0.3) is 0 Å². The molecule has 1 amide bonds. The predicted molar refractivity (Wildman–Crippen MR) is 129 cm³/mol. The predicted octanol–water partition coefficient (Wildman–Crippen LogP) is 4.23. The number of piperazine rings is 1. The van der Waals surface area contributed by atoms with Crippen molar-refractivity contribution >= 4 is 34.2 Å². The first kappa shape index (κ1) is 22.2. The molecule has 5 rings (SSSR count). The van der Waals surface area contributed by atoms with Crippen LogP contribution in [0.25, 0.3) is 11.0 Å². The van der Waals surface area contributed by atoms with E-state index in [2.05, 4.69) is 34.3 Å². The van der Waals surface area contributed by atoms with Gasteiger partial charge < -0.3 is 19.7 Å². The summed E-state index contributed by atoms with van der Waals surface area (Å²) in [6.07, 6.45) is 3.76. The average molecular weight is 470 g/mol. The van der Waals surface area contributed by atoms with Crippen molar-refractivity contribution in [2.24, 2.45) is 0 Å². The van der Waals surface area contributed by atoms with Crippen molar-refractivity contribution < 1.29 is 9.18 Å². The maximum Gasteiger partial charge on any atom is 0.240 e. The van der Waals surface area contributed by atoms with Crippen molar-refractivity contribution in [2.75, 3.05) is 31.1 Å². The Hall–Kier alpha value is -2.64. The molecule has 33 heavy (non-hydrogen) atoms. The van der Waals surface area contributed by atoms with Gasteiger partial charge in [0.15, 0.2) is 0 Å². The highest BCUT2D eigenvalue weighted by atomic mass is 35.5. The van der Waals surface area contributed by atoms with Crippen molar-refractivity contribution in [1.29, 1.82) is 0 Å². The fourth-order valence-corrected chi connectivity index (χ4v) is 5.28. The van der Waals surface area contributed by atoms with E-state index in [9.17, 15) is 9.18 Å². The number of imidazole rings is 1. The second kappa shape index (κ2) is 8.95. The molecule has 2 aliphatic rings. The molecule has 0 spiro atoms. The van der Waals surface area contributed by atoms with Gasteiger partial charge in [0, 0.05) is 41.9 Å². The van der Waals surface area contributed by atoms with Crippen LogP contribution in [0.15, 0.2) is 42.7 Å². The summed E-state index contributed by atoms with van der Waals surface area (Å²) >= 11 is 5.93. The summed E-state index contributed by atoms with van der Waals surface area (Å²) < 4.78 is 16.6. The standard InChI is InChI=1S/C25H29ClFN5O/c1-16-14-30(10-11-31(16)25(33)23-4-3-9-28-23)19-6-8-22-24(13-19)32(15-29-22)17(2)20-7-5-18(26)12-21(20)27/h5-8,12-13,15-17,23,28H,3-4,9-11,14H2,1-2H3/t16-,17?,23?/m1/s1. The van der Waals surface area contributed by atoms with Crippen LogP contribution in [0.3, 0.4) is 0 Å². The highest BCUT2D eigenvalue weighted by molar-refractivity contribution is 6.30. The molecule has 3 aromatic rings. The van der Waals surface area contributed by atoms with Gasteiger partial charge in [-0.1, -0.05) is 17.7 Å². The second-order valence-corrected chi connectivity index (χ2v) is 9.58. The number of nitrogens with zero attached hydrogens (tertiary/aromatic N) is 4. The lowest BCUT2D eigenvalue weighted by Gasteiger charge is -2.42. The molecule has 3 atom stereocenters. The Morgan fingerprint density at radius 1 is 1.24 bits per heavy atom. The Morgan fingerprint density at radius 3 is 2.82 bits per heavy atom. The molecule has 0 radical (unpaired) electrons. The van der Waals surface area contributed by atoms with E-state index in [1.807, 2.05) is 22.5 Å². The lowest BCUT2D eigenvalue weighted by atomic mass is 10.1. The van der Waals surface area contributed by atoms with E-state index < -0.39 is 0 Å². The largest absolute Gasteiger partial charge is 0.368 e. The van der Waals surface area contributed by atoms with Gasteiger partial charge in [-0.05, 0) is 63.6 Å². The first-order valence-corrected chi connectivity index (χ1v) is 12.0. The van der Waals surface area contributed by atoms with Gasteiger partial charge in [-0.3, -0.25) is 4.79 Å². The van der Waals surface area contributed by atoms with Crippen molar-refractivity contribution in [3.8, 4) is 0 Å². The molecule has 2 saturated heterocycles. The molecule has 0 saturated carbocycles. The minimum Gasteiger partial charge on any atom is -0.368 e. The van der Waals surface area contributed by atoms with Crippen LogP contribution in [0.2, 0.25) is 5.02 Å². The Balaban J connectivity index is 1.37. The topological polar surface area (TPSA) is 53.4 Å². The molecular formula is C25H29ClFN5O. The number of fused-ring (bicyclic) bond motifs is 1. The van der Waals surface area contributed by atoms with Gasteiger partial charge in [0.1, 0.15) is 5.82 Å². The number of carbonyl (C=O) groups is 1.